The summed E-state index contributed by atoms with van der Waals surface area (Å²) >= 11 is 1.72. The minimum atomic E-state index is 0.322. The van der Waals surface area contributed by atoms with E-state index in [-0.39, 0.29) is 0 Å². The third kappa shape index (κ3) is 1.80. The molecule has 0 aliphatic carbocycles. The molecule has 2 N–H and O–H groups in total. The van der Waals surface area contributed by atoms with Gasteiger partial charge < -0.3 is 10.5 Å². The van der Waals surface area contributed by atoms with Gasteiger partial charge in [0.05, 0.1) is 0 Å². The third-order valence-electron chi connectivity index (χ3n) is 3.22. The average molecular weight is 245 g/mol. The molecule has 2 nitrogen and oxygen atoms in total. The molecule has 1 aliphatic heterocycles. The number of nitrogen functional groups attached to an aromatic ring is 1. The van der Waals surface area contributed by atoms with Gasteiger partial charge >= 0.3 is 0 Å². The van der Waals surface area contributed by atoms with Crippen LogP contribution in [0.1, 0.15) is 18.9 Å². The summed E-state index contributed by atoms with van der Waals surface area (Å²) in [4.78, 5) is 1.23. The molecule has 0 radical (unpaired) electrons. The van der Waals surface area contributed by atoms with Gasteiger partial charge in [0.1, 0.15) is 11.9 Å². The molecule has 0 amide bonds. The highest BCUT2D eigenvalue weighted by molar-refractivity contribution is 7.13. The van der Waals surface area contributed by atoms with Crippen molar-refractivity contribution in [2.75, 3.05) is 5.73 Å². The molecule has 0 spiro atoms. The van der Waals surface area contributed by atoms with Crippen molar-refractivity contribution < 1.29 is 4.74 Å². The van der Waals surface area contributed by atoms with Crippen LogP contribution < -0.4 is 10.5 Å². The third-order valence-corrected chi connectivity index (χ3v) is 4.12. The molecule has 2 aromatic rings. The van der Waals surface area contributed by atoms with Crippen LogP contribution in [0, 0.1) is 0 Å². The van der Waals surface area contributed by atoms with Crippen LogP contribution in [-0.4, -0.2) is 6.10 Å². The lowest BCUT2D eigenvalue weighted by Crippen LogP contribution is -2.10. The molecule has 1 aliphatic rings. The number of thiophene rings is 1. The largest absolute Gasteiger partial charge is 0.490 e. The normalized spacial score (nSPS) is 17.8. The van der Waals surface area contributed by atoms with Gasteiger partial charge in [0, 0.05) is 28.6 Å². The Hall–Kier alpha value is -1.48. The second-order valence-corrected chi connectivity index (χ2v) is 5.32. The number of anilines is 1. The second-order valence-electron chi connectivity index (χ2n) is 4.38. The molecule has 0 fully saturated rings. The van der Waals surface area contributed by atoms with Crippen molar-refractivity contribution in [1.82, 2.24) is 0 Å². The maximum Gasteiger partial charge on any atom is 0.125 e. The SMILES string of the molecule is CCC1Cc2cc(-c3cccs3)c(N)cc2O1. The summed E-state index contributed by atoms with van der Waals surface area (Å²) < 4.78 is 5.83. The molecule has 17 heavy (non-hydrogen) atoms. The molecule has 0 saturated heterocycles. The van der Waals surface area contributed by atoms with Crippen molar-refractivity contribution in [1.29, 1.82) is 0 Å². The fraction of sp³-hybridized carbons (Fsp3) is 0.286. The van der Waals surface area contributed by atoms with E-state index in [2.05, 4.69) is 30.5 Å². The van der Waals surface area contributed by atoms with Crippen molar-refractivity contribution in [3.8, 4) is 16.2 Å². The molecule has 3 heteroatoms. The maximum atomic E-state index is 6.10. The lowest BCUT2D eigenvalue weighted by Gasteiger charge is -2.08. The van der Waals surface area contributed by atoms with E-state index in [4.69, 9.17) is 10.5 Å². The predicted octanol–water partition coefficient (Wildman–Crippen LogP) is 3.71. The molecule has 88 valence electrons. The summed E-state index contributed by atoms with van der Waals surface area (Å²) in [6.07, 6.45) is 2.37. The first-order valence-corrected chi connectivity index (χ1v) is 6.79. The highest BCUT2D eigenvalue weighted by Crippen LogP contribution is 2.39. The molecule has 0 saturated carbocycles. The number of ether oxygens (including phenoxy) is 1. The zero-order valence-corrected chi connectivity index (χ0v) is 10.6. The number of nitrogens with two attached hydrogens (primary N) is 1. The summed E-state index contributed by atoms with van der Waals surface area (Å²) in [5.41, 5.74) is 9.33. The van der Waals surface area contributed by atoms with E-state index in [1.165, 1.54) is 10.4 Å². The van der Waals surface area contributed by atoms with Crippen LogP contribution in [-0.2, 0) is 6.42 Å². The van der Waals surface area contributed by atoms with Gasteiger partial charge in [-0.05, 0) is 29.5 Å². The lowest BCUT2D eigenvalue weighted by atomic mass is 10.0. The van der Waals surface area contributed by atoms with Crippen LogP contribution in [0.25, 0.3) is 10.4 Å². The highest BCUT2D eigenvalue weighted by atomic mass is 32.1. The van der Waals surface area contributed by atoms with Gasteiger partial charge in [0.25, 0.3) is 0 Å². The minimum absolute atomic E-state index is 0.322. The Labute approximate surface area is 105 Å². The van der Waals surface area contributed by atoms with Crippen LogP contribution in [0.4, 0.5) is 5.69 Å². The fourth-order valence-corrected chi connectivity index (χ4v) is 3.01. The monoisotopic (exact) mass is 245 g/mol. The van der Waals surface area contributed by atoms with E-state index in [9.17, 15) is 0 Å². The van der Waals surface area contributed by atoms with Crippen LogP contribution in [0.15, 0.2) is 29.6 Å². The Morgan fingerprint density at radius 1 is 1.47 bits per heavy atom. The second kappa shape index (κ2) is 4.08. The Bertz CT molecular complexity index is 533. The Balaban J connectivity index is 2.04. The van der Waals surface area contributed by atoms with Crippen LogP contribution in [0.2, 0.25) is 0 Å². The zero-order chi connectivity index (χ0) is 11.8. The first-order valence-electron chi connectivity index (χ1n) is 5.91. The molecule has 1 aromatic heterocycles. The van der Waals surface area contributed by atoms with E-state index in [0.717, 1.165) is 29.8 Å². The Morgan fingerprint density at radius 3 is 3.06 bits per heavy atom. The quantitative estimate of drug-likeness (QED) is 0.819. The first-order chi connectivity index (χ1) is 8.28. The number of hydrogen-bond donors (Lipinski definition) is 1. The van der Waals surface area contributed by atoms with Gasteiger partial charge in [0.2, 0.25) is 0 Å². The molecule has 3 rings (SSSR count). The lowest BCUT2D eigenvalue weighted by molar-refractivity contribution is 0.228. The van der Waals surface area contributed by atoms with Crippen LogP contribution in [0.3, 0.4) is 0 Å². The van der Waals surface area contributed by atoms with Gasteiger partial charge in [-0.15, -0.1) is 11.3 Å². The van der Waals surface area contributed by atoms with Crippen LogP contribution >= 0.6 is 11.3 Å². The molecule has 2 heterocycles. The molecule has 1 unspecified atom stereocenters. The predicted molar refractivity (Wildman–Crippen MR) is 72.6 cm³/mol. The van der Waals surface area contributed by atoms with Gasteiger partial charge in [-0.2, -0.15) is 0 Å². The molecule has 1 aromatic carbocycles. The van der Waals surface area contributed by atoms with E-state index in [1.807, 2.05) is 6.07 Å². The summed E-state index contributed by atoms with van der Waals surface area (Å²) in [7, 11) is 0. The van der Waals surface area contributed by atoms with Crippen molar-refractivity contribution in [3.63, 3.8) is 0 Å². The number of benzene rings is 1. The first kappa shape index (κ1) is 10.7. The summed E-state index contributed by atoms with van der Waals surface area (Å²) in [6, 6.07) is 8.32. The van der Waals surface area contributed by atoms with E-state index >= 15 is 0 Å². The van der Waals surface area contributed by atoms with Gasteiger partial charge in [-0.1, -0.05) is 13.0 Å². The molecule has 1 atom stereocenters. The minimum Gasteiger partial charge on any atom is -0.490 e. The van der Waals surface area contributed by atoms with E-state index < -0.39 is 0 Å². The zero-order valence-electron chi connectivity index (χ0n) is 9.77. The van der Waals surface area contributed by atoms with Gasteiger partial charge in [-0.3, -0.25) is 0 Å². The summed E-state index contributed by atoms with van der Waals surface area (Å²) in [6.45, 7) is 2.15. The number of hydrogen-bond acceptors (Lipinski definition) is 3. The maximum absolute atomic E-state index is 6.10. The van der Waals surface area contributed by atoms with Crippen molar-refractivity contribution in [2.24, 2.45) is 0 Å². The standard InChI is InChI=1S/C14H15NOS/c1-2-10-6-9-7-11(14-4-3-5-17-14)12(15)8-13(9)16-10/h3-5,7-8,10H,2,6,15H2,1H3. The van der Waals surface area contributed by atoms with Crippen molar-refractivity contribution >= 4 is 17.0 Å². The van der Waals surface area contributed by atoms with Gasteiger partial charge in [-0.25, -0.2) is 0 Å². The highest BCUT2D eigenvalue weighted by Gasteiger charge is 2.23. The Kier molecular flexibility index (Phi) is 2.56. The Morgan fingerprint density at radius 2 is 2.35 bits per heavy atom. The van der Waals surface area contributed by atoms with Gasteiger partial charge in [0.15, 0.2) is 0 Å². The topological polar surface area (TPSA) is 35.2 Å². The molecular weight excluding hydrogens is 230 g/mol. The summed E-state index contributed by atoms with van der Waals surface area (Å²) in [5.74, 6) is 0.967. The van der Waals surface area contributed by atoms with Crippen molar-refractivity contribution in [2.45, 2.75) is 25.9 Å². The van der Waals surface area contributed by atoms with E-state index in [1.54, 1.807) is 11.3 Å². The number of fused-ring (bicyclic) bond motifs is 1. The molecular formula is C14H15NOS. The number of rotatable bonds is 2. The average Bonchev–Trinajstić information content (AvgIpc) is 2.95. The van der Waals surface area contributed by atoms with Crippen molar-refractivity contribution in [3.05, 3.63) is 35.2 Å². The fourth-order valence-electron chi connectivity index (χ4n) is 2.25. The molecule has 0 bridgehead atoms. The van der Waals surface area contributed by atoms with E-state index in [0.29, 0.717) is 6.10 Å². The smallest absolute Gasteiger partial charge is 0.125 e. The summed E-state index contributed by atoms with van der Waals surface area (Å²) in [5, 5.41) is 2.08. The van der Waals surface area contributed by atoms with Crippen LogP contribution in [0.5, 0.6) is 5.75 Å².